The highest BCUT2D eigenvalue weighted by Crippen LogP contribution is 2.14. The van der Waals surface area contributed by atoms with E-state index in [4.69, 9.17) is 4.74 Å². The van der Waals surface area contributed by atoms with Gasteiger partial charge in [0, 0.05) is 26.8 Å². The minimum Gasteiger partial charge on any atom is -0.380 e. The van der Waals surface area contributed by atoms with Crippen LogP contribution in [0.5, 0.6) is 0 Å². The molecule has 0 spiro atoms. The lowest BCUT2D eigenvalue weighted by Crippen LogP contribution is -2.37. The first-order valence-corrected chi connectivity index (χ1v) is 7.87. The molecule has 1 amide bonds. The van der Waals surface area contributed by atoms with Crippen molar-refractivity contribution in [2.24, 2.45) is 14.1 Å². The molecule has 0 aliphatic carbocycles. The minimum atomic E-state index is -0.462. The molecule has 0 saturated carbocycles. The minimum absolute atomic E-state index is 0.253. The van der Waals surface area contributed by atoms with Crippen LogP contribution in [0.4, 0.5) is 5.69 Å². The predicted octanol–water partition coefficient (Wildman–Crippen LogP) is 1.03. The fourth-order valence-electron chi connectivity index (χ4n) is 2.66. The number of rotatable bonds is 4. The van der Waals surface area contributed by atoms with Crippen molar-refractivity contribution in [3.05, 3.63) is 68.5 Å². The predicted molar refractivity (Wildman–Crippen MR) is 97.3 cm³/mol. The standard InChI is InChI=1S/C18H18N4O4/c1-21-15-14(17(24)22(2)18(21)25)8-13(9-19-15)20-16(23)12-6-4-11(5-7-12)10-26-3/h4-9H,10H2,1-3H3,(H,20,23). The van der Waals surface area contributed by atoms with Crippen LogP contribution in [0, 0.1) is 0 Å². The Kier molecular flexibility index (Phi) is 4.68. The molecule has 134 valence electrons. The molecule has 3 aromatic rings. The maximum atomic E-state index is 12.4. The van der Waals surface area contributed by atoms with E-state index in [0.29, 0.717) is 17.9 Å². The zero-order chi connectivity index (χ0) is 18.8. The number of carbonyl (C=O) groups excluding carboxylic acids is 1. The van der Waals surface area contributed by atoms with E-state index >= 15 is 0 Å². The van der Waals surface area contributed by atoms with Crippen molar-refractivity contribution < 1.29 is 9.53 Å². The molecule has 0 bridgehead atoms. The van der Waals surface area contributed by atoms with Gasteiger partial charge in [0.15, 0.2) is 0 Å². The molecular weight excluding hydrogens is 336 g/mol. The van der Waals surface area contributed by atoms with Gasteiger partial charge in [0.25, 0.3) is 11.5 Å². The van der Waals surface area contributed by atoms with E-state index in [1.807, 2.05) is 12.1 Å². The van der Waals surface area contributed by atoms with Gasteiger partial charge in [-0.3, -0.25) is 18.7 Å². The fraction of sp³-hybridized carbons (Fsp3) is 0.222. The van der Waals surface area contributed by atoms with Gasteiger partial charge < -0.3 is 10.1 Å². The Morgan fingerprint density at radius 3 is 2.50 bits per heavy atom. The number of benzene rings is 1. The Morgan fingerprint density at radius 2 is 1.85 bits per heavy atom. The number of fused-ring (bicyclic) bond motifs is 1. The number of amides is 1. The number of nitrogens with one attached hydrogen (secondary N) is 1. The van der Waals surface area contributed by atoms with Gasteiger partial charge in [0.05, 0.1) is 23.9 Å². The number of nitrogens with zero attached hydrogens (tertiary/aromatic N) is 3. The van der Waals surface area contributed by atoms with Crippen LogP contribution in [0.25, 0.3) is 11.0 Å². The normalized spacial score (nSPS) is 10.9. The molecule has 8 nitrogen and oxygen atoms in total. The summed E-state index contributed by atoms with van der Waals surface area (Å²) in [6.45, 7) is 0.471. The first kappa shape index (κ1) is 17.6. The smallest absolute Gasteiger partial charge is 0.332 e. The Morgan fingerprint density at radius 1 is 1.15 bits per heavy atom. The van der Waals surface area contributed by atoms with Crippen LogP contribution < -0.4 is 16.6 Å². The molecule has 2 aromatic heterocycles. The summed E-state index contributed by atoms with van der Waals surface area (Å²) in [7, 11) is 4.54. The largest absolute Gasteiger partial charge is 0.380 e. The number of methoxy groups -OCH3 is 1. The summed E-state index contributed by atoms with van der Waals surface area (Å²) < 4.78 is 7.33. The number of ether oxygens (including phenoxy) is 1. The second kappa shape index (κ2) is 6.93. The van der Waals surface area contributed by atoms with Crippen molar-refractivity contribution in [2.75, 3.05) is 12.4 Å². The molecule has 0 radical (unpaired) electrons. The van der Waals surface area contributed by atoms with Crippen LogP contribution in [-0.2, 0) is 25.4 Å². The highest BCUT2D eigenvalue weighted by Gasteiger charge is 2.12. The molecule has 0 fully saturated rings. The van der Waals surface area contributed by atoms with E-state index < -0.39 is 11.2 Å². The van der Waals surface area contributed by atoms with Crippen molar-refractivity contribution in [1.29, 1.82) is 0 Å². The van der Waals surface area contributed by atoms with E-state index in [1.165, 1.54) is 30.9 Å². The van der Waals surface area contributed by atoms with E-state index in [1.54, 1.807) is 19.2 Å². The topological polar surface area (TPSA) is 95.2 Å². The average Bonchev–Trinajstić information content (AvgIpc) is 2.65. The number of hydrogen-bond acceptors (Lipinski definition) is 5. The SMILES string of the molecule is COCc1ccc(C(=O)Nc2cnc3c(c2)c(=O)n(C)c(=O)n3C)cc1. The summed E-state index contributed by atoms with van der Waals surface area (Å²) in [6.07, 6.45) is 1.42. The molecule has 0 unspecified atom stereocenters. The molecule has 0 atom stereocenters. The Bertz CT molecular complexity index is 1100. The number of hydrogen-bond donors (Lipinski definition) is 1. The summed E-state index contributed by atoms with van der Waals surface area (Å²) in [5.41, 5.74) is 1.15. The van der Waals surface area contributed by atoms with Crippen LogP contribution >= 0.6 is 0 Å². The van der Waals surface area contributed by atoms with Gasteiger partial charge in [0.1, 0.15) is 5.65 Å². The van der Waals surface area contributed by atoms with Crippen molar-refractivity contribution in [3.8, 4) is 0 Å². The van der Waals surface area contributed by atoms with Gasteiger partial charge in [-0.05, 0) is 23.8 Å². The van der Waals surface area contributed by atoms with E-state index in [9.17, 15) is 14.4 Å². The summed E-state index contributed by atoms with van der Waals surface area (Å²) >= 11 is 0. The number of pyridine rings is 1. The average molecular weight is 354 g/mol. The van der Waals surface area contributed by atoms with Gasteiger partial charge in [-0.1, -0.05) is 12.1 Å². The summed E-state index contributed by atoms with van der Waals surface area (Å²) in [6, 6.07) is 8.52. The first-order chi connectivity index (χ1) is 12.4. The third-order valence-corrected chi connectivity index (χ3v) is 4.08. The van der Waals surface area contributed by atoms with Gasteiger partial charge in [-0.15, -0.1) is 0 Å². The van der Waals surface area contributed by atoms with Crippen LogP contribution in [0.3, 0.4) is 0 Å². The summed E-state index contributed by atoms with van der Waals surface area (Å²) in [4.78, 5) is 40.8. The highest BCUT2D eigenvalue weighted by molar-refractivity contribution is 6.04. The number of carbonyl (C=O) groups is 1. The molecule has 0 aliphatic heterocycles. The van der Waals surface area contributed by atoms with E-state index in [0.717, 1.165) is 10.1 Å². The third kappa shape index (κ3) is 3.14. The van der Waals surface area contributed by atoms with Crippen molar-refractivity contribution in [3.63, 3.8) is 0 Å². The summed E-state index contributed by atoms with van der Waals surface area (Å²) in [5.74, 6) is -0.322. The van der Waals surface area contributed by atoms with Crippen LogP contribution in [0.2, 0.25) is 0 Å². The van der Waals surface area contributed by atoms with Gasteiger partial charge in [-0.2, -0.15) is 0 Å². The molecule has 8 heteroatoms. The molecule has 0 saturated heterocycles. The fourth-order valence-corrected chi connectivity index (χ4v) is 2.66. The molecule has 3 rings (SSSR count). The Hall–Kier alpha value is -3.26. The highest BCUT2D eigenvalue weighted by atomic mass is 16.5. The van der Waals surface area contributed by atoms with Crippen molar-refractivity contribution >= 4 is 22.6 Å². The summed E-state index contributed by atoms with van der Waals surface area (Å²) in [5, 5.41) is 2.97. The van der Waals surface area contributed by atoms with Crippen molar-refractivity contribution in [2.45, 2.75) is 6.61 Å². The lowest BCUT2D eigenvalue weighted by atomic mass is 10.1. The Balaban J connectivity index is 1.92. The first-order valence-electron chi connectivity index (χ1n) is 7.87. The molecular formula is C18H18N4O4. The van der Waals surface area contributed by atoms with Crippen LogP contribution in [0.15, 0.2) is 46.1 Å². The molecule has 1 aromatic carbocycles. The lowest BCUT2D eigenvalue weighted by molar-refractivity contribution is 0.102. The lowest BCUT2D eigenvalue weighted by Gasteiger charge is -2.09. The number of aromatic nitrogens is 3. The van der Waals surface area contributed by atoms with Gasteiger partial charge in [-0.25, -0.2) is 9.78 Å². The zero-order valence-corrected chi connectivity index (χ0v) is 14.6. The van der Waals surface area contributed by atoms with E-state index in [2.05, 4.69) is 10.3 Å². The molecule has 0 aliphatic rings. The van der Waals surface area contributed by atoms with Crippen molar-refractivity contribution in [1.82, 2.24) is 14.1 Å². The third-order valence-electron chi connectivity index (χ3n) is 4.08. The quantitative estimate of drug-likeness (QED) is 0.755. The van der Waals surface area contributed by atoms with Gasteiger partial charge >= 0.3 is 5.69 Å². The Labute approximate surface area is 148 Å². The maximum absolute atomic E-state index is 12.4. The second-order valence-corrected chi connectivity index (χ2v) is 5.88. The second-order valence-electron chi connectivity index (χ2n) is 5.88. The van der Waals surface area contributed by atoms with Crippen LogP contribution in [0.1, 0.15) is 15.9 Å². The number of anilines is 1. The monoisotopic (exact) mass is 354 g/mol. The van der Waals surface area contributed by atoms with Gasteiger partial charge in [0.2, 0.25) is 0 Å². The molecule has 2 heterocycles. The molecule has 26 heavy (non-hydrogen) atoms. The van der Waals surface area contributed by atoms with E-state index in [-0.39, 0.29) is 16.9 Å². The van der Waals surface area contributed by atoms with Crippen LogP contribution in [-0.4, -0.2) is 27.1 Å². The zero-order valence-electron chi connectivity index (χ0n) is 14.6. The molecule has 1 N–H and O–H groups in total. The number of aryl methyl sites for hydroxylation is 1. The maximum Gasteiger partial charge on any atom is 0.332 e.